The first-order chi connectivity index (χ1) is 26.7. The van der Waals surface area contributed by atoms with Gasteiger partial charge >= 0.3 is 11.9 Å². The van der Waals surface area contributed by atoms with Crippen LogP contribution in [0.15, 0.2) is 35.4 Å². The lowest BCUT2D eigenvalue weighted by atomic mass is 9.38. The second-order valence-electron chi connectivity index (χ2n) is 20.5. The van der Waals surface area contributed by atoms with Crippen LogP contribution in [0.5, 0.6) is 0 Å². The third-order valence-corrected chi connectivity index (χ3v) is 17.2. The summed E-state index contributed by atoms with van der Waals surface area (Å²) in [6.45, 7) is 17.4. The van der Waals surface area contributed by atoms with Crippen LogP contribution in [0.3, 0.4) is 0 Å². The summed E-state index contributed by atoms with van der Waals surface area (Å²) in [7, 11) is 0. The van der Waals surface area contributed by atoms with Crippen molar-refractivity contribution in [1.82, 2.24) is 10.6 Å². The molecule has 9 nitrogen and oxygen atoms in total. The maximum Gasteiger partial charge on any atom is 0.309 e. The summed E-state index contributed by atoms with van der Waals surface area (Å²) in [5, 5.41) is 16.0. The third kappa shape index (κ3) is 7.07. The van der Waals surface area contributed by atoms with Crippen molar-refractivity contribution in [2.24, 2.45) is 69.5 Å². The van der Waals surface area contributed by atoms with E-state index in [1.807, 2.05) is 6.92 Å². The molecule has 7 rings (SSSR count). The number of nitrogens with one attached hydrogen (secondary N) is 2. The highest BCUT2D eigenvalue weighted by Gasteiger charge is 2.65. The van der Waals surface area contributed by atoms with Crippen molar-refractivity contribution in [3.8, 4) is 0 Å². The van der Waals surface area contributed by atoms with Crippen LogP contribution in [0.2, 0.25) is 5.02 Å². The highest BCUT2D eigenvalue weighted by Crippen LogP contribution is 2.72. The number of ketones is 1. The third-order valence-electron chi connectivity index (χ3n) is 16.9. The Morgan fingerprint density at radius 3 is 2.21 bits per heavy atom. The van der Waals surface area contributed by atoms with Crippen LogP contribution in [0.4, 0.5) is 0 Å². The molecular formula is C47H65ClN2O7. The molecule has 312 valence electrons. The van der Waals surface area contributed by atoms with E-state index in [2.05, 4.69) is 45.3 Å². The summed E-state index contributed by atoms with van der Waals surface area (Å²) < 4.78 is 6.24. The van der Waals surface area contributed by atoms with Gasteiger partial charge in [0.05, 0.1) is 11.8 Å². The number of amides is 2. The summed E-state index contributed by atoms with van der Waals surface area (Å²) in [6.07, 6.45) is 9.76. The Morgan fingerprint density at radius 2 is 1.56 bits per heavy atom. The van der Waals surface area contributed by atoms with Gasteiger partial charge in [-0.2, -0.15) is 0 Å². The van der Waals surface area contributed by atoms with Crippen molar-refractivity contribution in [1.29, 1.82) is 0 Å². The topological polar surface area (TPSA) is 139 Å². The smallest absolute Gasteiger partial charge is 0.309 e. The predicted octanol–water partition coefficient (Wildman–Crippen LogP) is 8.82. The molecule has 0 bridgehead atoms. The van der Waals surface area contributed by atoms with Crippen molar-refractivity contribution in [2.45, 2.75) is 138 Å². The van der Waals surface area contributed by atoms with E-state index in [-0.39, 0.29) is 69.6 Å². The number of hydrogen-bond donors (Lipinski definition) is 3. The van der Waals surface area contributed by atoms with Crippen molar-refractivity contribution >= 4 is 41.1 Å². The summed E-state index contributed by atoms with van der Waals surface area (Å²) in [4.78, 5) is 65.3. The number of carboxylic acid groups (broad SMARTS) is 1. The first kappa shape index (κ1) is 41.9. The molecule has 10 heteroatoms. The normalized spacial score (nSPS) is 38.6. The van der Waals surface area contributed by atoms with Gasteiger partial charge in [0.1, 0.15) is 11.6 Å². The second kappa shape index (κ2) is 15.1. The molecule has 6 aliphatic carbocycles. The highest BCUT2D eigenvalue weighted by atomic mass is 35.5. The van der Waals surface area contributed by atoms with Crippen molar-refractivity contribution in [3.63, 3.8) is 0 Å². The Labute approximate surface area is 344 Å². The summed E-state index contributed by atoms with van der Waals surface area (Å²) >= 11 is 6.00. The van der Waals surface area contributed by atoms with E-state index < -0.39 is 17.4 Å². The fraction of sp³-hybridized carbons (Fsp3) is 0.723. The Bertz CT molecular complexity index is 1840. The fourth-order valence-corrected chi connectivity index (χ4v) is 13.9. The molecule has 3 N–H and O–H groups in total. The standard InChI is InChI=1S/C47H65ClN2O7/c1-25(2)38-35(51)24-47(21-22-49-43(56)44(5,6)50-40(52)28-9-11-29(48)12-10-28)20-16-34-30(39(38)47)13-14-37-45(7)19-17-36(27(4)33(45)15-18-46(34,37)8)57-42(55)32-23-31(26(32)3)41(53)54/h9-12,25-27,30-34,36-37H,13-24H2,1-8H3,(H,49,56)(H,50,52)(H,53,54). The highest BCUT2D eigenvalue weighted by molar-refractivity contribution is 6.30. The molecule has 1 aromatic carbocycles. The van der Waals surface area contributed by atoms with Gasteiger partial charge in [-0.15, -0.1) is 0 Å². The minimum absolute atomic E-state index is 0.128. The average Bonchev–Trinajstić information content (AvgIpc) is 3.44. The van der Waals surface area contributed by atoms with E-state index in [4.69, 9.17) is 16.3 Å². The first-order valence-electron chi connectivity index (χ1n) is 21.8. The first-order valence-corrected chi connectivity index (χ1v) is 22.2. The fourth-order valence-electron chi connectivity index (χ4n) is 13.8. The molecule has 0 spiro atoms. The van der Waals surface area contributed by atoms with Crippen LogP contribution in [0.1, 0.15) is 136 Å². The van der Waals surface area contributed by atoms with Crippen LogP contribution in [0.25, 0.3) is 0 Å². The molecule has 12 unspecified atom stereocenters. The molecule has 0 saturated heterocycles. The van der Waals surface area contributed by atoms with Crippen LogP contribution in [-0.4, -0.2) is 52.8 Å². The number of carbonyl (C=O) groups is 5. The van der Waals surface area contributed by atoms with Gasteiger partial charge in [-0.3, -0.25) is 24.0 Å². The molecule has 2 amide bonds. The number of halogens is 1. The molecule has 0 aliphatic heterocycles. The van der Waals surface area contributed by atoms with E-state index in [1.165, 1.54) is 5.57 Å². The summed E-state index contributed by atoms with van der Waals surface area (Å²) in [6, 6.07) is 6.59. The summed E-state index contributed by atoms with van der Waals surface area (Å²) in [5.74, 6) is -0.0972. The maximum absolute atomic E-state index is 14.0. The van der Waals surface area contributed by atoms with Gasteiger partial charge in [0.25, 0.3) is 5.91 Å². The second-order valence-corrected chi connectivity index (χ2v) is 20.9. The molecule has 1 aromatic rings. The van der Waals surface area contributed by atoms with E-state index >= 15 is 0 Å². The van der Waals surface area contributed by atoms with Crippen LogP contribution in [0, 0.1) is 69.5 Å². The number of carbonyl (C=O) groups excluding carboxylic acids is 4. The number of ether oxygens (including phenoxy) is 1. The number of esters is 1. The summed E-state index contributed by atoms with van der Waals surface area (Å²) in [5.41, 5.74) is 1.74. The quantitative estimate of drug-likeness (QED) is 0.201. The number of Topliss-reactive ketones (excluding diaryl/α,β-unsaturated/α-hetero) is 1. The van der Waals surface area contributed by atoms with Gasteiger partial charge < -0.3 is 20.5 Å². The van der Waals surface area contributed by atoms with Gasteiger partial charge in [-0.05, 0) is 160 Å². The maximum atomic E-state index is 14.0. The minimum atomic E-state index is -1.14. The Hall–Kier alpha value is -3.20. The molecule has 57 heavy (non-hydrogen) atoms. The zero-order valence-electron chi connectivity index (χ0n) is 35.3. The molecule has 6 aliphatic rings. The number of allylic oxidation sites excluding steroid dienone is 2. The van der Waals surface area contributed by atoms with Crippen LogP contribution in [-0.2, 0) is 23.9 Å². The lowest BCUT2D eigenvalue weighted by Crippen LogP contribution is -2.61. The van der Waals surface area contributed by atoms with E-state index in [9.17, 15) is 29.1 Å². The van der Waals surface area contributed by atoms with Gasteiger partial charge in [0.15, 0.2) is 5.78 Å². The van der Waals surface area contributed by atoms with E-state index in [1.54, 1.807) is 38.1 Å². The SMILES string of the molecule is CC(C)C1=C2C3CCC4C(C)(CCC5C(C)C(OC(=O)C6CC(C(=O)O)C6C)CCC54C)C3CCC2(CCNC(=O)C(C)(C)NC(=O)c2ccc(Cl)cc2)CC1=O. The lowest BCUT2D eigenvalue weighted by molar-refractivity contribution is -0.196. The number of aliphatic carboxylic acids is 1. The Morgan fingerprint density at radius 1 is 0.912 bits per heavy atom. The Balaban J connectivity index is 1.04. The predicted molar refractivity (Wildman–Crippen MR) is 219 cm³/mol. The van der Waals surface area contributed by atoms with Gasteiger partial charge in [-0.25, -0.2) is 0 Å². The Kier molecular flexibility index (Phi) is 11.1. The van der Waals surface area contributed by atoms with Crippen molar-refractivity contribution in [3.05, 3.63) is 46.0 Å². The van der Waals surface area contributed by atoms with Gasteiger partial charge in [-0.1, -0.05) is 58.7 Å². The van der Waals surface area contributed by atoms with Crippen LogP contribution < -0.4 is 10.6 Å². The van der Waals surface area contributed by atoms with Crippen molar-refractivity contribution < 1.29 is 33.8 Å². The van der Waals surface area contributed by atoms with Crippen molar-refractivity contribution in [2.75, 3.05) is 6.54 Å². The molecule has 5 saturated carbocycles. The molecular weight excluding hydrogens is 740 g/mol. The number of fused-ring (bicyclic) bond motifs is 7. The lowest BCUT2D eigenvalue weighted by Gasteiger charge is -2.67. The number of rotatable bonds is 10. The average molecular weight is 805 g/mol. The van der Waals surface area contributed by atoms with Gasteiger partial charge in [0.2, 0.25) is 5.91 Å². The van der Waals surface area contributed by atoms with Gasteiger partial charge in [0, 0.05) is 29.0 Å². The number of carboxylic acids is 1. The molecule has 5 fully saturated rings. The zero-order chi connectivity index (χ0) is 41.4. The molecule has 0 heterocycles. The van der Waals surface area contributed by atoms with E-state index in [0.29, 0.717) is 60.1 Å². The molecule has 0 aromatic heterocycles. The number of hydrogen-bond acceptors (Lipinski definition) is 6. The minimum Gasteiger partial charge on any atom is -0.481 e. The van der Waals surface area contributed by atoms with Crippen LogP contribution >= 0.6 is 11.6 Å². The zero-order valence-corrected chi connectivity index (χ0v) is 36.1. The molecule has 12 atom stereocenters. The molecule has 0 radical (unpaired) electrons. The number of benzene rings is 1. The van der Waals surface area contributed by atoms with E-state index in [0.717, 1.165) is 56.9 Å². The largest absolute Gasteiger partial charge is 0.481 e. The monoisotopic (exact) mass is 804 g/mol.